The van der Waals surface area contributed by atoms with Crippen molar-refractivity contribution < 1.29 is 4.74 Å². The summed E-state index contributed by atoms with van der Waals surface area (Å²) in [5.74, 6) is 0. The minimum atomic E-state index is 0.191. The van der Waals surface area contributed by atoms with Crippen molar-refractivity contribution in [1.82, 2.24) is 5.32 Å². The Morgan fingerprint density at radius 3 is 2.67 bits per heavy atom. The van der Waals surface area contributed by atoms with Gasteiger partial charge in [-0.15, -0.1) is 0 Å². The minimum absolute atomic E-state index is 0.191. The van der Waals surface area contributed by atoms with Crippen LogP contribution < -0.4 is 5.32 Å². The zero-order valence-electron chi connectivity index (χ0n) is 11.1. The van der Waals surface area contributed by atoms with E-state index in [1.807, 2.05) is 6.07 Å². The Morgan fingerprint density at radius 1 is 1.28 bits per heavy atom. The third kappa shape index (κ3) is 3.82. The van der Waals surface area contributed by atoms with Gasteiger partial charge in [0.15, 0.2) is 0 Å². The molecule has 96 valence electrons. The van der Waals surface area contributed by atoms with Crippen LogP contribution in [0.4, 0.5) is 0 Å². The first kappa shape index (κ1) is 13.6. The number of rotatable bonds is 5. The van der Waals surface area contributed by atoms with Crippen molar-refractivity contribution in [1.29, 1.82) is 0 Å². The molecular formula is C16H21NO. The minimum Gasteiger partial charge on any atom is -0.375 e. The third-order valence-electron chi connectivity index (χ3n) is 3.36. The third-order valence-corrected chi connectivity index (χ3v) is 3.36. The van der Waals surface area contributed by atoms with Gasteiger partial charge in [-0.25, -0.2) is 0 Å². The lowest BCUT2D eigenvalue weighted by atomic mass is 9.74. The summed E-state index contributed by atoms with van der Waals surface area (Å²) in [5, 5.41) is 3.52. The maximum atomic E-state index is 5.21. The van der Waals surface area contributed by atoms with Crippen LogP contribution in [0.1, 0.15) is 18.9 Å². The van der Waals surface area contributed by atoms with Gasteiger partial charge in [-0.3, -0.25) is 0 Å². The summed E-state index contributed by atoms with van der Waals surface area (Å²) < 4.78 is 5.21. The van der Waals surface area contributed by atoms with E-state index in [2.05, 4.69) is 55.8 Å². The molecule has 1 aliphatic rings. The lowest BCUT2D eigenvalue weighted by molar-refractivity contribution is 0.207. The molecule has 0 saturated heterocycles. The van der Waals surface area contributed by atoms with E-state index in [1.54, 1.807) is 7.11 Å². The molecule has 1 aliphatic carbocycles. The topological polar surface area (TPSA) is 21.3 Å². The van der Waals surface area contributed by atoms with Gasteiger partial charge in [0.05, 0.1) is 0 Å². The van der Waals surface area contributed by atoms with Crippen LogP contribution in [0.25, 0.3) is 0 Å². The number of hydrogen-bond donors (Lipinski definition) is 1. The predicted molar refractivity (Wildman–Crippen MR) is 74.0 cm³/mol. The molecular weight excluding hydrogens is 222 g/mol. The zero-order valence-corrected chi connectivity index (χ0v) is 11.1. The molecule has 2 nitrogen and oxygen atoms in total. The highest BCUT2D eigenvalue weighted by molar-refractivity contribution is 5.23. The molecule has 18 heavy (non-hydrogen) atoms. The summed E-state index contributed by atoms with van der Waals surface area (Å²) >= 11 is 0. The lowest BCUT2D eigenvalue weighted by Crippen LogP contribution is -2.36. The SMILES string of the molecule is CO[C]1[CH][CH]C(C)(CNCc2ccccc2)C[CH]1. The van der Waals surface area contributed by atoms with Gasteiger partial charge >= 0.3 is 0 Å². The average Bonchev–Trinajstić information content (AvgIpc) is 2.41. The van der Waals surface area contributed by atoms with E-state index in [0.29, 0.717) is 0 Å². The van der Waals surface area contributed by atoms with Gasteiger partial charge in [-0.1, -0.05) is 37.3 Å². The van der Waals surface area contributed by atoms with Crippen molar-refractivity contribution in [2.45, 2.75) is 19.9 Å². The van der Waals surface area contributed by atoms with Gasteiger partial charge < -0.3 is 10.1 Å². The summed E-state index contributed by atoms with van der Waals surface area (Å²) in [7, 11) is 1.71. The fraction of sp³-hybridized carbons (Fsp3) is 0.375. The Bertz CT molecular complexity index is 341. The zero-order chi connectivity index (χ0) is 12.8. The smallest absolute Gasteiger partial charge is 0.104 e. The van der Waals surface area contributed by atoms with Crippen LogP contribution >= 0.6 is 0 Å². The molecule has 1 saturated carbocycles. The molecule has 1 aromatic rings. The summed E-state index contributed by atoms with van der Waals surface area (Å²) in [6, 6.07) is 10.5. The Hall–Kier alpha value is -0.860. The molecule has 1 aromatic carbocycles. The number of ether oxygens (including phenoxy) is 1. The van der Waals surface area contributed by atoms with Crippen molar-refractivity contribution in [2.75, 3.05) is 13.7 Å². The average molecular weight is 243 g/mol. The second-order valence-corrected chi connectivity index (χ2v) is 5.09. The van der Waals surface area contributed by atoms with Crippen LogP contribution in [-0.4, -0.2) is 13.7 Å². The lowest BCUT2D eigenvalue weighted by Gasteiger charge is -2.35. The highest BCUT2D eigenvalue weighted by Gasteiger charge is 2.31. The van der Waals surface area contributed by atoms with Crippen molar-refractivity contribution in [3.05, 3.63) is 61.3 Å². The summed E-state index contributed by atoms with van der Waals surface area (Å²) in [6.07, 6.45) is 8.45. The van der Waals surface area contributed by atoms with Gasteiger partial charge in [0.25, 0.3) is 0 Å². The van der Waals surface area contributed by atoms with E-state index in [1.165, 1.54) is 5.56 Å². The van der Waals surface area contributed by atoms with E-state index in [-0.39, 0.29) is 5.41 Å². The van der Waals surface area contributed by atoms with Crippen LogP contribution in [0.2, 0.25) is 0 Å². The van der Waals surface area contributed by atoms with E-state index < -0.39 is 0 Å². The number of nitrogens with one attached hydrogen (secondary N) is 1. The Balaban J connectivity index is 1.73. The molecule has 0 amide bonds. The van der Waals surface area contributed by atoms with Gasteiger partial charge in [-0.05, 0) is 30.2 Å². The quantitative estimate of drug-likeness (QED) is 0.858. The molecule has 0 heterocycles. The van der Waals surface area contributed by atoms with E-state index in [0.717, 1.165) is 25.6 Å². The van der Waals surface area contributed by atoms with Crippen molar-refractivity contribution in [3.8, 4) is 0 Å². The normalized spacial score (nSPS) is 19.9. The molecule has 0 bridgehead atoms. The highest BCUT2D eigenvalue weighted by atomic mass is 16.5. The molecule has 1 fully saturated rings. The maximum Gasteiger partial charge on any atom is 0.104 e. The largest absolute Gasteiger partial charge is 0.375 e. The second kappa shape index (κ2) is 6.35. The fourth-order valence-corrected chi connectivity index (χ4v) is 2.12. The molecule has 0 aromatic heterocycles. The molecule has 1 atom stereocenters. The van der Waals surface area contributed by atoms with E-state index in [4.69, 9.17) is 4.74 Å². The summed E-state index contributed by atoms with van der Waals surface area (Å²) in [4.78, 5) is 0. The monoisotopic (exact) mass is 243 g/mol. The Kier molecular flexibility index (Phi) is 4.79. The van der Waals surface area contributed by atoms with E-state index in [9.17, 15) is 0 Å². The fourth-order valence-electron chi connectivity index (χ4n) is 2.12. The van der Waals surface area contributed by atoms with Gasteiger partial charge in [0, 0.05) is 26.6 Å². The van der Waals surface area contributed by atoms with Gasteiger partial charge in [-0.2, -0.15) is 0 Å². The molecule has 2 heteroatoms. The number of methoxy groups -OCH3 is 1. The van der Waals surface area contributed by atoms with Crippen LogP contribution in [-0.2, 0) is 11.3 Å². The molecule has 1 unspecified atom stereocenters. The van der Waals surface area contributed by atoms with Gasteiger partial charge in [0.1, 0.15) is 6.10 Å². The second-order valence-electron chi connectivity index (χ2n) is 5.09. The molecule has 2 rings (SSSR count). The standard InChI is InChI=1S/C16H21NO/c1-16(10-8-15(18-2)9-11-16)13-17-12-14-6-4-3-5-7-14/h3-10,17H,11-13H2,1-2H3. The van der Waals surface area contributed by atoms with Crippen LogP contribution in [0.5, 0.6) is 0 Å². The molecule has 1 N–H and O–H groups in total. The first-order valence-corrected chi connectivity index (χ1v) is 6.40. The first-order chi connectivity index (χ1) is 8.72. The number of benzene rings is 1. The van der Waals surface area contributed by atoms with Crippen molar-refractivity contribution in [3.63, 3.8) is 0 Å². The van der Waals surface area contributed by atoms with Crippen LogP contribution in [0, 0.1) is 30.8 Å². The van der Waals surface area contributed by atoms with Crippen molar-refractivity contribution in [2.24, 2.45) is 5.41 Å². The number of hydrogen-bond acceptors (Lipinski definition) is 2. The predicted octanol–water partition coefficient (Wildman–Crippen LogP) is 2.98. The highest BCUT2D eigenvalue weighted by Crippen LogP contribution is 2.37. The summed E-state index contributed by atoms with van der Waals surface area (Å²) in [5.41, 5.74) is 1.52. The molecule has 0 aliphatic heterocycles. The van der Waals surface area contributed by atoms with E-state index >= 15 is 0 Å². The Labute approximate surface area is 111 Å². The molecule has 0 spiro atoms. The van der Waals surface area contributed by atoms with Crippen molar-refractivity contribution >= 4 is 0 Å². The first-order valence-electron chi connectivity index (χ1n) is 6.40. The Morgan fingerprint density at radius 2 is 2.06 bits per heavy atom. The summed E-state index contributed by atoms with van der Waals surface area (Å²) in [6.45, 7) is 4.17. The molecule has 4 radical (unpaired) electrons. The van der Waals surface area contributed by atoms with Gasteiger partial charge in [0.2, 0.25) is 0 Å². The van der Waals surface area contributed by atoms with Crippen LogP contribution in [0.15, 0.2) is 30.3 Å². The maximum absolute atomic E-state index is 5.21. The van der Waals surface area contributed by atoms with Crippen LogP contribution in [0.3, 0.4) is 0 Å².